The highest BCUT2D eigenvalue weighted by molar-refractivity contribution is 5.95. The molecule has 0 spiro atoms. The van der Waals surface area contributed by atoms with Gasteiger partial charge in [-0.1, -0.05) is 20.3 Å². The van der Waals surface area contributed by atoms with Crippen molar-refractivity contribution in [3.8, 4) is 0 Å². The van der Waals surface area contributed by atoms with Gasteiger partial charge in [-0.25, -0.2) is 4.79 Å². The predicted octanol–water partition coefficient (Wildman–Crippen LogP) is -1.85. The van der Waals surface area contributed by atoms with E-state index in [9.17, 15) is 33.9 Å². The molecule has 0 aromatic heterocycles. The molecule has 1 rings (SSSR count). The molecule has 1 saturated heterocycles. The van der Waals surface area contributed by atoms with Gasteiger partial charge in [0.05, 0.1) is 12.5 Å². The summed E-state index contributed by atoms with van der Waals surface area (Å²) in [6.45, 7) is 3.61. The lowest BCUT2D eigenvalue weighted by Gasteiger charge is -2.29. The highest BCUT2D eigenvalue weighted by atomic mass is 16.4. The van der Waals surface area contributed by atoms with Gasteiger partial charge >= 0.3 is 11.9 Å². The first-order chi connectivity index (χ1) is 15.4. The van der Waals surface area contributed by atoms with Crippen molar-refractivity contribution in [1.82, 2.24) is 15.5 Å². The number of nitrogens with zero attached hydrogens (tertiary/aromatic N) is 1. The maximum absolute atomic E-state index is 12.9. The number of amides is 4. The molecule has 8 N–H and O–H groups in total. The number of carbonyl (C=O) groups is 6. The number of carboxylic acids is 2. The van der Waals surface area contributed by atoms with Gasteiger partial charge in [0.1, 0.15) is 18.1 Å². The van der Waals surface area contributed by atoms with Crippen molar-refractivity contribution in [3.05, 3.63) is 0 Å². The van der Waals surface area contributed by atoms with Crippen molar-refractivity contribution >= 4 is 35.6 Å². The van der Waals surface area contributed by atoms with Crippen molar-refractivity contribution < 1.29 is 39.0 Å². The number of carbonyl (C=O) groups excluding carboxylic acids is 4. The van der Waals surface area contributed by atoms with Crippen molar-refractivity contribution in [1.29, 1.82) is 0 Å². The molecule has 1 aliphatic heterocycles. The number of likely N-dealkylation sites (tertiary alicyclic amines) is 1. The van der Waals surface area contributed by atoms with E-state index in [4.69, 9.17) is 16.6 Å². The Morgan fingerprint density at radius 1 is 1.12 bits per heavy atom. The van der Waals surface area contributed by atoms with Crippen LogP contribution in [-0.2, 0) is 28.8 Å². The first kappa shape index (κ1) is 27.8. The Bertz CT molecular complexity index is 774. The van der Waals surface area contributed by atoms with Crippen LogP contribution in [0.25, 0.3) is 0 Å². The molecule has 1 fully saturated rings. The smallest absolute Gasteiger partial charge is 0.326 e. The third kappa shape index (κ3) is 8.33. The number of primary amides is 1. The van der Waals surface area contributed by atoms with Crippen LogP contribution in [0.1, 0.15) is 52.4 Å². The minimum absolute atomic E-state index is 0.168. The van der Waals surface area contributed by atoms with E-state index < -0.39 is 72.1 Å². The van der Waals surface area contributed by atoms with E-state index in [1.54, 1.807) is 13.8 Å². The molecular weight excluding hydrogens is 438 g/mol. The van der Waals surface area contributed by atoms with Crippen LogP contribution in [0.5, 0.6) is 0 Å². The zero-order valence-electron chi connectivity index (χ0n) is 18.8. The molecule has 0 aliphatic carbocycles. The summed E-state index contributed by atoms with van der Waals surface area (Å²) in [6.07, 6.45) is 0.211. The second kappa shape index (κ2) is 12.7. The summed E-state index contributed by atoms with van der Waals surface area (Å²) in [5.74, 6) is -5.78. The van der Waals surface area contributed by atoms with Crippen LogP contribution in [0.2, 0.25) is 0 Å². The van der Waals surface area contributed by atoms with Crippen LogP contribution < -0.4 is 22.1 Å². The van der Waals surface area contributed by atoms with E-state index in [1.807, 2.05) is 0 Å². The second-order valence-electron chi connectivity index (χ2n) is 8.17. The third-order valence-electron chi connectivity index (χ3n) is 5.64. The Morgan fingerprint density at radius 2 is 1.76 bits per heavy atom. The van der Waals surface area contributed by atoms with Crippen LogP contribution >= 0.6 is 0 Å². The molecule has 1 aliphatic rings. The lowest BCUT2D eigenvalue weighted by Crippen LogP contribution is -2.57. The zero-order valence-corrected chi connectivity index (χ0v) is 18.8. The molecule has 5 atom stereocenters. The van der Waals surface area contributed by atoms with Crippen molar-refractivity contribution in [2.75, 3.05) is 6.54 Å². The molecule has 0 aromatic carbocycles. The van der Waals surface area contributed by atoms with Gasteiger partial charge in [0, 0.05) is 13.0 Å². The van der Waals surface area contributed by atoms with E-state index in [2.05, 4.69) is 10.6 Å². The van der Waals surface area contributed by atoms with Gasteiger partial charge in [-0.2, -0.15) is 0 Å². The first-order valence-electron chi connectivity index (χ1n) is 10.8. The summed E-state index contributed by atoms with van der Waals surface area (Å²) in [5.41, 5.74) is 10.8. The minimum atomic E-state index is -1.32. The van der Waals surface area contributed by atoms with Crippen LogP contribution in [0, 0.1) is 5.92 Å². The number of carboxylic acid groups (broad SMARTS) is 2. The molecular formula is C20H33N5O8. The highest BCUT2D eigenvalue weighted by Crippen LogP contribution is 2.19. The van der Waals surface area contributed by atoms with Gasteiger partial charge < -0.3 is 37.2 Å². The molecule has 0 bridgehead atoms. The van der Waals surface area contributed by atoms with E-state index in [0.29, 0.717) is 12.8 Å². The monoisotopic (exact) mass is 471 g/mol. The summed E-state index contributed by atoms with van der Waals surface area (Å²) < 4.78 is 0. The normalized spacial score (nSPS) is 19.1. The zero-order chi connectivity index (χ0) is 25.3. The molecule has 186 valence electrons. The van der Waals surface area contributed by atoms with Gasteiger partial charge in [0.25, 0.3) is 0 Å². The van der Waals surface area contributed by atoms with Crippen molar-refractivity contribution in [2.45, 2.75) is 76.5 Å². The lowest BCUT2D eigenvalue weighted by molar-refractivity contribution is -0.145. The minimum Gasteiger partial charge on any atom is -0.481 e. The molecule has 4 amide bonds. The summed E-state index contributed by atoms with van der Waals surface area (Å²) in [5, 5.41) is 23.1. The fraction of sp³-hybridized carbons (Fsp3) is 0.700. The van der Waals surface area contributed by atoms with Gasteiger partial charge in [-0.15, -0.1) is 0 Å². The fourth-order valence-corrected chi connectivity index (χ4v) is 3.55. The largest absolute Gasteiger partial charge is 0.481 e. The Balaban J connectivity index is 2.97. The van der Waals surface area contributed by atoms with Crippen molar-refractivity contribution in [2.24, 2.45) is 17.4 Å². The standard InChI is InChI=1S/C20H33N5O8/c1-3-10(2)16(20(32)33)24-17(29)12(6-7-14(22)26)23-18(30)13-5-4-8-25(13)19(31)11(21)9-15(27)28/h10-13,16H,3-9,21H2,1-2H3,(H2,22,26)(H,23,30)(H,24,29)(H,27,28)(H,32,33). The number of hydrogen-bond donors (Lipinski definition) is 6. The lowest BCUT2D eigenvalue weighted by atomic mass is 9.98. The quantitative estimate of drug-likeness (QED) is 0.177. The molecule has 33 heavy (non-hydrogen) atoms. The summed E-state index contributed by atoms with van der Waals surface area (Å²) >= 11 is 0. The average Bonchev–Trinajstić information content (AvgIpc) is 3.22. The SMILES string of the molecule is CCC(C)C(NC(=O)C(CCC(N)=O)NC(=O)C1CCCN1C(=O)C(N)CC(=O)O)C(=O)O. The topological polar surface area (TPSA) is 222 Å². The van der Waals surface area contributed by atoms with Crippen LogP contribution in [0.15, 0.2) is 0 Å². The molecule has 1 heterocycles. The van der Waals surface area contributed by atoms with Crippen LogP contribution in [-0.4, -0.2) is 81.4 Å². The molecule has 0 aromatic rings. The predicted molar refractivity (Wildman–Crippen MR) is 114 cm³/mol. The number of aliphatic carboxylic acids is 2. The van der Waals surface area contributed by atoms with E-state index in [0.717, 1.165) is 0 Å². The van der Waals surface area contributed by atoms with Crippen molar-refractivity contribution in [3.63, 3.8) is 0 Å². The summed E-state index contributed by atoms with van der Waals surface area (Å²) in [4.78, 5) is 73.0. The summed E-state index contributed by atoms with van der Waals surface area (Å²) in [6, 6.07) is -4.77. The van der Waals surface area contributed by atoms with Gasteiger partial charge in [0.2, 0.25) is 23.6 Å². The number of rotatable bonds is 13. The number of nitrogens with two attached hydrogens (primary N) is 2. The molecule has 0 radical (unpaired) electrons. The molecule has 13 heteroatoms. The Morgan fingerprint density at radius 3 is 2.27 bits per heavy atom. The Labute approximate surface area is 191 Å². The maximum atomic E-state index is 12.9. The first-order valence-corrected chi connectivity index (χ1v) is 10.8. The van der Waals surface area contributed by atoms with E-state index >= 15 is 0 Å². The average molecular weight is 472 g/mol. The third-order valence-corrected chi connectivity index (χ3v) is 5.64. The maximum Gasteiger partial charge on any atom is 0.326 e. The van der Waals surface area contributed by atoms with Crippen LogP contribution in [0.4, 0.5) is 0 Å². The van der Waals surface area contributed by atoms with E-state index in [1.165, 1.54) is 4.90 Å². The Kier molecular flexibility index (Phi) is 10.7. The van der Waals surface area contributed by atoms with Gasteiger partial charge in [-0.05, 0) is 25.2 Å². The second-order valence-corrected chi connectivity index (χ2v) is 8.17. The molecule has 13 nitrogen and oxygen atoms in total. The number of hydrogen-bond acceptors (Lipinski definition) is 7. The van der Waals surface area contributed by atoms with Gasteiger partial charge in [-0.3, -0.25) is 24.0 Å². The number of nitrogens with one attached hydrogen (secondary N) is 2. The van der Waals surface area contributed by atoms with Crippen LogP contribution in [0.3, 0.4) is 0 Å². The summed E-state index contributed by atoms with van der Waals surface area (Å²) in [7, 11) is 0. The fourth-order valence-electron chi connectivity index (χ4n) is 3.55. The highest BCUT2D eigenvalue weighted by Gasteiger charge is 2.38. The molecule has 0 saturated carbocycles. The Hall–Kier alpha value is -3.22. The van der Waals surface area contributed by atoms with E-state index in [-0.39, 0.29) is 25.8 Å². The molecule has 5 unspecified atom stereocenters. The van der Waals surface area contributed by atoms with Gasteiger partial charge in [0.15, 0.2) is 0 Å².